The summed E-state index contributed by atoms with van der Waals surface area (Å²) in [5.41, 5.74) is 11.6. The molecule has 86 valence electrons. The van der Waals surface area contributed by atoms with Gasteiger partial charge in [-0.05, 0) is 6.42 Å². The van der Waals surface area contributed by atoms with Crippen LogP contribution in [0.2, 0.25) is 0 Å². The number of nitrogens with zero attached hydrogens (tertiary/aromatic N) is 2. The lowest BCUT2D eigenvalue weighted by Crippen LogP contribution is -2.22. The number of aromatic amines is 2. The van der Waals surface area contributed by atoms with Gasteiger partial charge in [-0.3, -0.25) is 9.78 Å². The molecule has 0 radical (unpaired) electrons. The molecule has 0 bridgehead atoms. The number of hydrogen-bond donors (Lipinski definition) is 4. The maximum absolute atomic E-state index is 11.5. The van der Waals surface area contributed by atoms with E-state index in [4.69, 9.17) is 11.5 Å². The Morgan fingerprint density at radius 2 is 2.12 bits per heavy atom. The third kappa shape index (κ3) is 1.89. The van der Waals surface area contributed by atoms with E-state index >= 15 is 0 Å². The third-order valence-corrected chi connectivity index (χ3v) is 2.41. The molecule has 0 saturated carbocycles. The van der Waals surface area contributed by atoms with E-state index in [1.807, 2.05) is 6.92 Å². The lowest BCUT2D eigenvalue weighted by molar-refractivity contribution is 0.630. The molecule has 6 N–H and O–H groups in total. The molecule has 1 atom stereocenters. The quantitative estimate of drug-likeness (QED) is 0.557. The predicted octanol–water partition coefficient (Wildman–Crippen LogP) is -0.492. The van der Waals surface area contributed by atoms with Crippen LogP contribution in [0.1, 0.15) is 19.2 Å². The Balaban J connectivity index is 2.44. The molecule has 0 saturated heterocycles. The number of fused-ring (bicyclic) bond motifs is 1. The van der Waals surface area contributed by atoms with Crippen LogP contribution in [-0.2, 0) is 6.42 Å². The fourth-order valence-corrected chi connectivity index (χ4v) is 1.46. The van der Waals surface area contributed by atoms with Gasteiger partial charge in [0.2, 0.25) is 5.95 Å². The Bertz CT molecular complexity index is 557. The van der Waals surface area contributed by atoms with Gasteiger partial charge >= 0.3 is 0 Å². The van der Waals surface area contributed by atoms with Crippen molar-refractivity contribution in [1.29, 1.82) is 0 Å². The average Bonchev–Trinajstić information content (AvgIpc) is 2.60. The van der Waals surface area contributed by atoms with Gasteiger partial charge in [0, 0.05) is 12.5 Å². The molecule has 7 heteroatoms. The Morgan fingerprint density at radius 3 is 2.81 bits per heavy atom. The predicted molar refractivity (Wildman–Crippen MR) is 60.9 cm³/mol. The Hall–Kier alpha value is -1.89. The van der Waals surface area contributed by atoms with Crippen LogP contribution in [0.3, 0.4) is 0 Å². The van der Waals surface area contributed by atoms with Crippen LogP contribution in [-0.4, -0.2) is 26.0 Å². The van der Waals surface area contributed by atoms with E-state index in [-0.39, 0.29) is 17.5 Å². The number of anilines is 1. The number of imidazole rings is 1. The van der Waals surface area contributed by atoms with Crippen molar-refractivity contribution in [3.63, 3.8) is 0 Å². The molecule has 0 amide bonds. The Labute approximate surface area is 91.3 Å². The minimum Gasteiger partial charge on any atom is -0.369 e. The zero-order valence-electron chi connectivity index (χ0n) is 8.95. The Kier molecular flexibility index (Phi) is 2.61. The summed E-state index contributed by atoms with van der Waals surface area (Å²) in [6, 6.07) is 0.0250. The van der Waals surface area contributed by atoms with Crippen molar-refractivity contribution in [2.75, 3.05) is 5.73 Å². The van der Waals surface area contributed by atoms with Crippen molar-refractivity contribution >= 4 is 17.1 Å². The zero-order chi connectivity index (χ0) is 11.7. The van der Waals surface area contributed by atoms with Gasteiger partial charge in [-0.15, -0.1) is 0 Å². The molecule has 2 aromatic heterocycles. The minimum atomic E-state index is -0.314. The highest BCUT2D eigenvalue weighted by atomic mass is 16.1. The second kappa shape index (κ2) is 3.93. The largest absolute Gasteiger partial charge is 0.369 e. The number of H-pyrrole nitrogens is 2. The van der Waals surface area contributed by atoms with Crippen molar-refractivity contribution < 1.29 is 0 Å². The molecule has 7 nitrogen and oxygen atoms in total. The lowest BCUT2D eigenvalue weighted by atomic mass is 10.2. The number of nitrogens with one attached hydrogen (secondary N) is 2. The average molecular weight is 222 g/mol. The smallest absolute Gasteiger partial charge is 0.278 e. The molecular formula is C9H14N6O. The van der Waals surface area contributed by atoms with E-state index in [0.29, 0.717) is 23.4 Å². The normalized spacial score (nSPS) is 13.1. The first-order chi connectivity index (χ1) is 7.60. The molecule has 0 aliphatic rings. The topological polar surface area (TPSA) is 126 Å². The van der Waals surface area contributed by atoms with E-state index in [1.54, 1.807) is 0 Å². The number of rotatable bonds is 3. The first-order valence-corrected chi connectivity index (χ1v) is 5.10. The first kappa shape index (κ1) is 10.6. The van der Waals surface area contributed by atoms with Gasteiger partial charge in [0.25, 0.3) is 5.56 Å². The molecule has 1 unspecified atom stereocenters. The number of hydrogen-bond acceptors (Lipinski definition) is 5. The molecule has 0 spiro atoms. The van der Waals surface area contributed by atoms with Crippen molar-refractivity contribution in [2.45, 2.75) is 25.8 Å². The van der Waals surface area contributed by atoms with Crippen molar-refractivity contribution in [3.05, 3.63) is 16.2 Å². The van der Waals surface area contributed by atoms with Gasteiger partial charge in [0.15, 0.2) is 11.2 Å². The van der Waals surface area contributed by atoms with Crippen LogP contribution < -0.4 is 17.0 Å². The summed E-state index contributed by atoms with van der Waals surface area (Å²) < 4.78 is 0. The molecule has 0 aliphatic heterocycles. The molecule has 0 aromatic carbocycles. The minimum absolute atomic E-state index is 0.0250. The van der Waals surface area contributed by atoms with Gasteiger partial charge in [-0.2, -0.15) is 4.98 Å². The molecule has 2 aromatic rings. The van der Waals surface area contributed by atoms with Crippen LogP contribution in [0.4, 0.5) is 5.95 Å². The van der Waals surface area contributed by atoms with Gasteiger partial charge < -0.3 is 16.5 Å². The Morgan fingerprint density at radius 1 is 1.38 bits per heavy atom. The highest BCUT2D eigenvalue weighted by Crippen LogP contribution is 2.06. The van der Waals surface area contributed by atoms with Gasteiger partial charge in [-0.1, -0.05) is 6.92 Å². The van der Waals surface area contributed by atoms with Crippen molar-refractivity contribution in [3.8, 4) is 0 Å². The summed E-state index contributed by atoms with van der Waals surface area (Å²) in [6.07, 6.45) is 1.44. The first-order valence-electron chi connectivity index (χ1n) is 5.10. The van der Waals surface area contributed by atoms with Crippen LogP contribution >= 0.6 is 0 Å². The molecule has 16 heavy (non-hydrogen) atoms. The van der Waals surface area contributed by atoms with Gasteiger partial charge in [0.05, 0.1) is 0 Å². The number of nitrogen functional groups attached to an aromatic ring is 1. The van der Waals surface area contributed by atoms with Crippen LogP contribution in [0.25, 0.3) is 11.2 Å². The van der Waals surface area contributed by atoms with Crippen LogP contribution in [0.5, 0.6) is 0 Å². The summed E-state index contributed by atoms with van der Waals surface area (Å²) >= 11 is 0. The summed E-state index contributed by atoms with van der Waals surface area (Å²) in [4.78, 5) is 24.9. The van der Waals surface area contributed by atoms with E-state index < -0.39 is 0 Å². The molecular weight excluding hydrogens is 208 g/mol. The molecule has 0 aliphatic carbocycles. The summed E-state index contributed by atoms with van der Waals surface area (Å²) in [5, 5.41) is 0. The summed E-state index contributed by atoms with van der Waals surface area (Å²) in [6.45, 7) is 2.00. The van der Waals surface area contributed by atoms with Crippen LogP contribution in [0.15, 0.2) is 4.79 Å². The fourth-order valence-electron chi connectivity index (χ4n) is 1.46. The van der Waals surface area contributed by atoms with Crippen LogP contribution in [0, 0.1) is 0 Å². The standard InChI is InChI=1S/C9H14N6O/c1-2-4(10)3-5-12-6-7(13-5)14-9(11)15-8(6)16/h4H,2-3,10H2,1H3,(H4,11,12,13,14,15,16). The summed E-state index contributed by atoms with van der Waals surface area (Å²) in [7, 11) is 0. The van der Waals surface area contributed by atoms with E-state index in [1.165, 1.54) is 0 Å². The molecule has 2 heterocycles. The second-order valence-electron chi connectivity index (χ2n) is 3.71. The highest BCUT2D eigenvalue weighted by Gasteiger charge is 2.10. The zero-order valence-corrected chi connectivity index (χ0v) is 8.95. The maximum Gasteiger partial charge on any atom is 0.278 e. The maximum atomic E-state index is 11.5. The highest BCUT2D eigenvalue weighted by molar-refractivity contribution is 5.70. The van der Waals surface area contributed by atoms with E-state index in [2.05, 4.69) is 19.9 Å². The van der Waals surface area contributed by atoms with Crippen molar-refractivity contribution in [2.24, 2.45) is 5.73 Å². The molecule has 2 rings (SSSR count). The monoisotopic (exact) mass is 222 g/mol. The third-order valence-electron chi connectivity index (χ3n) is 2.41. The number of aromatic nitrogens is 4. The lowest BCUT2D eigenvalue weighted by Gasteiger charge is -2.04. The fraction of sp³-hybridized carbons (Fsp3) is 0.444. The van der Waals surface area contributed by atoms with E-state index in [9.17, 15) is 4.79 Å². The summed E-state index contributed by atoms with van der Waals surface area (Å²) in [5.74, 6) is 0.725. The van der Waals surface area contributed by atoms with Crippen molar-refractivity contribution in [1.82, 2.24) is 19.9 Å². The molecule has 0 fully saturated rings. The van der Waals surface area contributed by atoms with E-state index in [0.717, 1.165) is 6.42 Å². The van der Waals surface area contributed by atoms with Gasteiger partial charge in [0.1, 0.15) is 5.82 Å². The second-order valence-corrected chi connectivity index (χ2v) is 3.71. The number of nitrogens with two attached hydrogens (primary N) is 2. The van der Waals surface area contributed by atoms with Gasteiger partial charge in [-0.25, -0.2) is 4.98 Å². The SMILES string of the molecule is CCC(N)Cc1nc2nc(N)[nH]c(=O)c2[nH]1.